The minimum absolute atomic E-state index is 0.174. The highest BCUT2D eigenvalue weighted by Gasteiger charge is 2.15. The Bertz CT molecular complexity index is 715. The quantitative estimate of drug-likeness (QED) is 0.323. The minimum Gasteiger partial charge on any atom is -0.481 e. The van der Waals surface area contributed by atoms with Gasteiger partial charge in [0.25, 0.3) is 0 Å². The zero-order valence-corrected chi connectivity index (χ0v) is 21.9. The van der Waals surface area contributed by atoms with E-state index in [0.29, 0.717) is 12.3 Å². The molecule has 4 atom stereocenters. The van der Waals surface area contributed by atoms with Gasteiger partial charge in [-0.05, 0) is 37.7 Å². The topological polar surface area (TPSA) is 110 Å². The fourth-order valence-corrected chi connectivity index (χ4v) is 2.02. The molecule has 7 heteroatoms. The molecule has 0 heterocycles. The molecule has 0 fully saturated rings. The van der Waals surface area contributed by atoms with Crippen molar-refractivity contribution in [2.45, 2.75) is 79.8 Å². The van der Waals surface area contributed by atoms with Crippen LogP contribution in [0.5, 0.6) is 0 Å². The molecule has 0 aliphatic heterocycles. The van der Waals surface area contributed by atoms with Crippen LogP contribution in [0.2, 0.25) is 0 Å². The maximum Gasteiger partial charge on any atom is 0.333 e. The van der Waals surface area contributed by atoms with E-state index in [0.717, 1.165) is 6.42 Å². The van der Waals surface area contributed by atoms with Gasteiger partial charge in [0.05, 0.1) is 11.8 Å². The molecule has 0 saturated carbocycles. The molecule has 0 radical (unpaired) electrons. The molecule has 0 saturated heterocycles. The predicted molar refractivity (Wildman–Crippen MR) is 134 cm³/mol. The molecule has 2 N–H and O–H groups in total. The van der Waals surface area contributed by atoms with Gasteiger partial charge < -0.3 is 19.7 Å². The Morgan fingerprint density at radius 1 is 0.882 bits per heavy atom. The Kier molecular flexibility index (Phi) is 19.5. The lowest BCUT2D eigenvalue weighted by Gasteiger charge is -2.13. The molecular formula is C27H44O7. The number of carbonyl (C=O) groups is 3. The molecule has 0 amide bonds. The van der Waals surface area contributed by atoms with Crippen LogP contribution in [-0.2, 0) is 23.9 Å². The molecule has 194 valence electrons. The molecule has 1 aromatic rings. The van der Waals surface area contributed by atoms with E-state index in [1.165, 1.54) is 18.9 Å². The summed E-state index contributed by atoms with van der Waals surface area (Å²) in [6.07, 6.45) is 1.62. The van der Waals surface area contributed by atoms with E-state index in [9.17, 15) is 19.5 Å². The zero-order valence-electron chi connectivity index (χ0n) is 21.9. The van der Waals surface area contributed by atoms with Gasteiger partial charge in [-0.3, -0.25) is 9.59 Å². The number of carboxylic acids is 1. The summed E-state index contributed by atoms with van der Waals surface area (Å²) in [5, 5.41) is 17.6. The summed E-state index contributed by atoms with van der Waals surface area (Å²) < 4.78 is 9.55. The molecule has 1 aromatic carbocycles. The predicted octanol–water partition coefficient (Wildman–Crippen LogP) is 5.37. The van der Waals surface area contributed by atoms with Crippen LogP contribution in [0.25, 0.3) is 0 Å². The number of carboxylic acid groups (broad SMARTS) is 1. The Morgan fingerprint density at radius 2 is 1.38 bits per heavy atom. The largest absolute Gasteiger partial charge is 0.481 e. The highest BCUT2D eigenvalue weighted by Crippen LogP contribution is 2.16. The Hall–Kier alpha value is -2.67. The van der Waals surface area contributed by atoms with Gasteiger partial charge in [0.1, 0.15) is 19.3 Å². The molecule has 4 unspecified atom stereocenters. The standard InChI is InChI=1S/C12H20O5.C10H14.C5H10O2/c1-5-9(4)12(15)17-7-10(13)6-16-11(14)8(2)3;1-3-9(2)10-7-5-4-6-8-10;1-3-4(2)5(6)7/h9-10,13H,2,5-7H2,1,3-4H3;4-9H,3H2,1-2H3;4H,3H2,1-2H3,(H,6,7). The van der Waals surface area contributed by atoms with Gasteiger partial charge >= 0.3 is 17.9 Å². The lowest BCUT2D eigenvalue weighted by atomic mass is 9.99. The normalized spacial score (nSPS) is 13.4. The van der Waals surface area contributed by atoms with Crippen LogP contribution < -0.4 is 0 Å². The first-order valence-electron chi connectivity index (χ1n) is 11.9. The van der Waals surface area contributed by atoms with Crippen LogP contribution in [0.15, 0.2) is 42.5 Å². The SMILES string of the molecule is C=C(C)C(=O)OCC(O)COC(=O)C(C)CC.CCC(C)C(=O)O.CCC(C)c1ccccc1. The van der Waals surface area contributed by atoms with Gasteiger partial charge in [0, 0.05) is 5.57 Å². The summed E-state index contributed by atoms with van der Waals surface area (Å²) >= 11 is 0. The maximum absolute atomic E-state index is 11.3. The first-order valence-corrected chi connectivity index (χ1v) is 11.9. The number of aliphatic carboxylic acids is 1. The van der Waals surface area contributed by atoms with Gasteiger partial charge in [0.15, 0.2) is 0 Å². The van der Waals surface area contributed by atoms with Crippen molar-refractivity contribution in [3.8, 4) is 0 Å². The van der Waals surface area contributed by atoms with Crippen molar-refractivity contribution < 1.29 is 34.1 Å². The zero-order chi connectivity index (χ0) is 26.7. The van der Waals surface area contributed by atoms with Crippen LogP contribution in [0.1, 0.15) is 79.2 Å². The van der Waals surface area contributed by atoms with Gasteiger partial charge in [-0.25, -0.2) is 4.79 Å². The summed E-state index contributed by atoms with van der Waals surface area (Å²) in [6, 6.07) is 10.6. The average Bonchev–Trinajstić information content (AvgIpc) is 2.85. The number of aliphatic hydroxyl groups excluding tert-OH is 1. The van der Waals surface area contributed by atoms with E-state index in [-0.39, 0.29) is 36.6 Å². The highest BCUT2D eigenvalue weighted by molar-refractivity contribution is 5.86. The van der Waals surface area contributed by atoms with Crippen LogP contribution in [0.3, 0.4) is 0 Å². The fraction of sp³-hybridized carbons (Fsp3) is 0.593. The average molecular weight is 481 g/mol. The summed E-state index contributed by atoms with van der Waals surface area (Å²) in [4.78, 5) is 32.2. The number of hydrogen-bond acceptors (Lipinski definition) is 6. The van der Waals surface area contributed by atoms with Crippen molar-refractivity contribution in [2.75, 3.05) is 13.2 Å². The number of esters is 2. The van der Waals surface area contributed by atoms with Crippen molar-refractivity contribution in [1.29, 1.82) is 0 Å². The Balaban J connectivity index is 0. The number of rotatable bonds is 11. The Morgan fingerprint density at radius 3 is 1.76 bits per heavy atom. The van der Waals surface area contributed by atoms with Gasteiger partial charge in [-0.1, -0.05) is 78.5 Å². The monoisotopic (exact) mass is 480 g/mol. The van der Waals surface area contributed by atoms with E-state index >= 15 is 0 Å². The molecule has 0 aliphatic rings. The summed E-state index contributed by atoms with van der Waals surface area (Å²) in [5.74, 6) is -1.31. The van der Waals surface area contributed by atoms with E-state index in [1.807, 2.05) is 13.8 Å². The third-order valence-electron chi connectivity index (χ3n) is 5.20. The molecular weight excluding hydrogens is 436 g/mol. The molecule has 1 rings (SSSR count). The molecule has 34 heavy (non-hydrogen) atoms. The van der Waals surface area contributed by atoms with E-state index in [2.05, 4.69) is 50.8 Å². The Labute approximate surface area is 205 Å². The summed E-state index contributed by atoms with van der Waals surface area (Å²) in [5.41, 5.74) is 1.71. The van der Waals surface area contributed by atoms with E-state index < -0.39 is 18.0 Å². The van der Waals surface area contributed by atoms with Gasteiger partial charge in [-0.15, -0.1) is 0 Å². The van der Waals surface area contributed by atoms with Crippen molar-refractivity contribution in [3.63, 3.8) is 0 Å². The maximum atomic E-state index is 11.3. The van der Waals surface area contributed by atoms with Crippen LogP contribution >= 0.6 is 0 Å². The summed E-state index contributed by atoms with van der Waals surface area (Å²) in [7, 11) is 0. The minimum atomic E-state index is -1.01. The smallest absolute Gasteiger partial charge is 0.333 e. The first-order chi connectivity index (χ1) is 15.9. The second-order valence-corrected chi connectivity index (χ2v) is 8.34. The number of hydrogen-bond donors (Lipinski definition) is 2. The van der Waals surface area contributed by atoms with Crippen molar-refractivity contribution >= 4 is 17.9 Å². The number of ether oxygens (including phenoxy) is 2. The molecule has 0 aromatic heterocycles. The molecule has 0 spiro atoms. The third-order valence-corrected chi connectivity index (χ3v) is 5.20. The number of aliphatic hydroxyl groups is 1. The lowest BCUT2D eigenvalue weighted by molar-refractivity contribution is -0.153. The fourth-order valence-electron chi connectivity index (χ4n) is 2.02. The van der Waals surface area contributed by atoms with Crippen LogP contribution in [0, 0.1) is 11.8 Å². The van der Waals surface area contributed by atoms with Crippen LogP contribution in [-0.4, -0.2) is 47.4 Å². The van der Waals surface area contributed by atoms with Crippen LogP contribution in [0.4, 0.5) is 0 Å². The highest BCUT2D eigenvalue weighted by atomic mass is 16.6. The van der Waals surface area contributed by atoms with Crippen molar-refractivity contribution in [3.05, 3.63) is 48.0 Å². The molecule has 0 bridgehead atoms. The number of benzene rings is 1. The van der Waals surface area contributed by atoms with E-state index in [4.69, 9.17) is 14.6 Å². The molecule has 7 nitrogen and oxygen atoms in total. The number of carbonyl (C=O) groups excluding carboxylic acids is 2. The van der Waals surface area contributed by atoms with Gasteiger partial charge in [0.2, 0.25) is 0 Å². The molecule has 0 aliphatic carbocycles. The van der Waals surface area contributed by atoms with E-state index in [1.54, 1.807) is 13.8 Å². The second-order valence-electron chi connectivity index (χ2n) is 8.34. The first kappa shape index (κ1) is 33.5. The van der Waals surface area contributed by atoms with Crippen molar-refractivity contribution in [2.24, 2.45) is 11.8 Å². The van der Waals surface area contributed by atoms with Gasteiger partial charge in [-0.2, -0.15) is 0 Å². The second kappa shape index (κ2) is 19.8. The lowest BCUT2D eigenvalue weighted by Crippen LogP contribution is -2.27. The third kappa shape index (κ3) is 16.9. The van der Waals surface area contributed by atoms with Crippen molar-refractivity contribution in [1.82, 2.24) is 0 Å². The summed E-state index contributed by atoms with van der Waals surface area (Å²) in [6.45, 7) is 16.2.